The number of amides is 2. The quantitative estimate of drug-likeness (QED) is 0.508. The molecule has 0 aromatic carbocycles. The van der Waals surface area contributed by atoms with Crippen molar-refractivity contribution in [3.05, 3.63) is 0 Å². The molecule has 1 saturated heterocycles. The highest BCUT2D eigenvalue weighted by atomic mass is 35.5. The first-order valence-electron chi connectivity index (χ1n) is 4.17. The molecule has 1 aliphatic heterocycles. The highest BCUT2D eigenvalue weighted by molar-refractivity contribution is 6.30. The Labute approximate surface area is 86.6 Å². The van der Waals surface area contributed by atoms with E-state index in [9.17, 15) is 9.59 Å². The van der Waals surface area contributed by atoms with Gasteiger partial charge in [0.05, 0.1) is 19.2 Å². The summed E-state index contributed by atoms with van der Waals surface area (Å²) in [5, 5.41) is 10.2. The largest absolute Gasteiger partial charge is 0.346 e. The van der Waals surface area contributed by atoms with E-state index in [1.807, 2.05) is 6.07 Å². The van der Waals surface area contributed by atoms with Gasteiger partial charge in [0.2, 0.25) is 11.8 Å². The minimum Gasteiger partial charge on any atom is -0.346 e. The number of halogens is 1. The van der Waals surface area contributed by atoms with Crippen LogP contribution in [0.4, 0.5) is 0 Å². The molecule has 1 aliphatic rings. The summed E-state index contributed by atoms with van der Waals surface area (Å²) in [6.07, 6.45) is 0. The van der Waals surface area contributed by atoms with Crippen LogP contribution in [0.3, 0.4) is 0 Å². The Kier molecular flexibility index (Phi) is 3.31. The first-order valence-corrected chi connectivity index (χ1v) is 4.60. The number of carbonyl (C=O) groups is 2. The Morgan fingerprint density at radius 1 is 1.79 bits per heavy atom. The van der Waals surface area contributed by atoms with Gasteiger partial charge >= 0.3 is 0 Å². The van der Waals surface area contributed by atoms with Gasteiger partial charge in [-0.2, -0.15) is 5.26 Å². The summed E-state index contributed by atoms with van der Waals surface area (Å²) in [5.74, 6) is -0.627. The van der Waals surface area contributed by atoms with Gasteiger partial charge < -0.3 is 10.2 Å². The lowest BCUT2D eigenvalue weighted by Gasteiger charge is -2.05. The highest BCUT2D eigenvalue weighted by Gasteiger charge is 2.38. The van der Waals surface area contributed by atoms with E-state index >= 15 is 0 Å². The molecule has 1 heterocycles. The van der Waals surface area contributed by atoms with Crippen molar-refractivity contribution in [2.24, 2.45) is 0 Å². The summed E-state index contributed by atoms with van der Waals surface area (Å²) >= 11 is 5.47. The number of nitrogens with zero attached hydrogens (tertiary/aromatic N) is 2. The molecule has 2 unspecified atom stereocenters. The van der Waals surface area contributed by atoms with Crippen LogP contribution < -0.4 is 5.32 Å². The van der Waals surface area contributed by atoms with E-state index in [2.05, 4.69) is 5.32 Å². The van der Waals surface area contributed by atoms with Crippen molar-refractivity contribution in [3.8, 4) is 6.07 Å². The maximum absolute atomic E-state index is 11.2. The minimum absolute atomic E-state index is 0.0892. The number of rotatable bonds is 3. The van der Waals surface area contributed by atoms with Crippen molar-refractivity contribution in [2.45, 2.75) is 18.3 Å². The Hall–Kier alpha value is -1.28. The summed E-state index contributed by atoms with van der Waals surface area (Å²) < 4.78 is 0. The number of carbonyl (C=O) groups excluding carboxylic acids is 2. The smallest absolute Gasteiger partial charge is 0.243 e. The van der Waals surface area contributed by atoms with E-state index in [1.165, 1.54) is 11.8 Å². The van der Waals surface area contributed by atoms with Gasteiger partial charge in [0, 0.05) is 0 Å². The molecule has 14 heavy (non-hydrogen) atoms. The van der Waals surface area contributed by atoms with Crippen LogP contribution in [0.15, 0.2) is 0 Å². The molecule has 76 valence electrons. The van der Waals surface area contributed by atoms with E-state index < -0.39 is 5.38 Å². The zero-order valence-electron chi connectivity index (χ0n) is 7.66. The Bertz CT molecular complexity index is 297. The molecule has 1 rings (SSSR count). The maximum Gasteiger partial charge on any atom is 0.243 e. The molecule has 0 aromatic heterocycles. The van der Waals surface area contributed by atoms with Crippen molar-refractivity contribution >= 4 is 23.4 Å². The number of nitrogens with one attached hydrogen (secondary N) is 1. The van der Waals surface area contributed by atoms with Crippen molar-refractivity contribution in [2.75, 3.05) is 13.1 Å². The third kappa shape index (κ3) is 2.60. The molecule has 1 N–H and O–H groups in total. The molecule has 0 saturated carbocycles. The fraction of sp³-hybridized carbons (Fsp3) is 0.625. The van der Waals surface area contributed by atoms with Gasteiger partial charge in [0.1, 0.15) is 11.4 Å². The van der Waals surface area contributed by atoms with Gasteiger partial charge in [-0.15, -0.1) is 11.6 Å². The van der Waals surface area contributed by atoms with Crippen LogP contribution in [0.5, 0.6) is 0 Å². The maximum atomic E-state index is 11.2. The van der Waals surface area contributed by atoms with Gasteiger partial charge in [-0.1, -0.05) is 0 Å². The third-order valence-electron chi connectivity index (χ3n) is 1.86. The van der Waals surface area contributed by atoms with Gasteiger partial charge in [-0.3, -0.25) is 9.59 Å². The lowest BCUT2D eigenvalue weighted by Crippen LogP contribution is -2.36. The van der Waals surface area contributed by atoms with Crippen molar-refractivity contribution in [1.29, 1.82) is 5.26 Å². The average molecular weight is 216 g/mol. The zero-order valence-corrected chi connectivity index (χ0v) is 8.41. The summed E-state index contributed by atoms with van der Waals surface area (Å²) in [6.45, 7) is 1.90. The monoisotopic (exact) mass is 215 g/mol. The van der Waals surface area contributed by atoms with Crippen molar-refractivity contribution in [3.63, 3.8) is 0 Å². The lowest BCUT2D eigenvalue weighted by molar-refractivity contribution is -0.128. The summed E-state index contributed by atoms with van der Waals surface area (Å²) in [6, 6.07) is 1.63. The van der Waals surface area contributed by atoms with Gasteiger partial charge in [0.25, 0.3) is 0 Å². The molecule has 6 heteroatoms. The second-order valence-electron chi connectivity index (χ2n) is 3.02. The molecule has 0 aromatic rings. The topological polar surface area (TPSA) is 73.0 Å². The molecule has 5 nitrogen and oxygen atoms in total. The Balaban J connectivity index is 2.24. The minimum atomic E-state index is -0.649. The number of hydrogen-bond donors (Lipinski definition) is 1. The molecule has 0 aliphatic carbocycles. The average Bonchev–Trinajstić information content (AvgIpc) is 2.92. The highest BCUT2D eigenvalue weighted by Crippen LogP contribution is 2.15. The molecule has 0 radical (unpaired) electrons. The summed E-state index contributed by atoms with van der Waals surface area (Å²) in [7, 11) is 0. The molecule has 2 amide bonds. The van der Waals surface area contributed by atoms with Crippen LogP contribution in [0.25, 0.3) is 0 Å². The second-order valence-corrected chi connectivity index (χ2v) is 3.68. The number of hydrogen-bond acceptors (Lipinski definition) is 3. The van der Waals surface area contributed by atoms with Gasteiger partial charge in [-0.05, 0) is 6.92 Å². The second kappa shape index (κ2) is 4.29. The number of alkyl halides is 1. The SMILES string of the molecule is CC(Cl)C(=O)NCC(=O)N1CC1C#N. The molecular weight excluding hydrogens is 206 g/mol. The fourth-order valence-electron chi connectivity index (χ4n) is 0.930. The van der Waals surface area contributed by atoms with Gasteiger partial charge in [0.15, 0.2) is 0 Å². The van der Waals surface area contributed by atoms with Crippen LogP contribution in [-0.2, 0) is 9.59 Å². The Morgan fingerprint density at radius 3 is 2.86 bits per heavy atom. The van der Waals surface area contributed by atoms with Crippen LogP contribution in [-0.4, -0.2) is 41.2 Å². The zero-order chi connectivity index (χ0) is 10.7. The normalized spacial score (nSPS) is 20.9. The standard InChI is InChI=1S/C8H10ClN3O2/c1-5(9)8(14)11-3-7(13)12-4-6(12)2-10/h5-6H,3-4H2,1H3,(H,11,14). The summed E-state index contributed by atoms with van der Waals surface area (Å²) in [4.78, 5) is 23.6. The predicted molar refractivity (Wildman–Crippen MR) is 49.4 cm³/mol. The van der Waals surface area contributed by atoms with Crippen LogP contribution >= 0.6 is 11.6 Å². The predicted octanol–water partition coefficient (Wildman–Crippen LogP) is -0.536. The van der Waals surface area contributed by atoms with E-state index in [4.69, 9.17) is 16.9 Å². The van der Waals surface area contributed by atoms with Crippen molar-refractivity contribution in [1.82, 2.24) is 10.2 Å². The van der Waals surface area contributed by atoms with E-state index in [1.54, 1.807) is 0 Å². The first-order chi connectivity index (χ1) is 6.56. The Morgan fingerprint density at radius 2 is 2.43 bits per heavy atom. The van der Waals surface area contributed by atoms with Gasteiger partial charge in [-0.25, -0.2) is 0 Å². The van der Waals surface area contributed by atoms with E-state index in [-0.39, 0.29) is 24.4 Å². The lowest BCUT2D eigenvalue weighted by atomic mass is 10.4. The van der Waals surface area contributed by atoms with Crippen LogP contribution in [0.2, 0.25) is 0 Å². The molecule has 2 atom stereocenters. The molecule has 1 fully saturated rings. The van der Waals surface area contributed by atoms with Crippen LogP contribution in [0.1, 0.15) is 6.92 Å². The first kappa shape index (κ1) is 10.8. The fourth-order valence-corrected chi connectivity index (χ4v) is 1.01. The number of nitriles is 1. The summed E-state index contributed by atoms with van der Waals surface area (Å²) in [5.41, 5.74) is 0. The van der Waals surface area contributed by atoms with E-state index in [0.29, 0.717) is 6.54 Å². The molecular formula is C8H10ClN3O2. The molecule has 0 spiro atoms. The van der Waals surface area contributed by atoms with Crippen molar-refractivity contribution < 1.29 is 9.59 Å². The molecule has 0 bridgehead atoms. The third-order valence-corrected chi connectivity index (χ3v) is 2.05. The van der Waals surface area contributed by atoms with E-state index in [0.717, 1.165) is 0 Å². The van der Waals surface area contributed by atoms with Crippen LogP contribution in [0, 0.1) is 11.3 Å².